The Bertz CT molecular complexity index is 1020. The minimum Gasteiger partial charge on any atom is -0.368 e. The number of hydrogen-bond donors (Lipinski definition) is 0. The Morgan fingerprint density at radius 3 is 2.13 bits per heavy atom. The molecule has 4 rings (SSSR count). The highest BCUT2D eigenvalue weighted by atomic mass is 32.2. The molecule has 0 radical (unpaired) electrons. The van der Waals surface area contributed by atoms with Gasteiger partial charge in [0.1, 0.15) is 0 Å². The van der Waals surface area contributed by atoms with Gasteiger partial charge in [0, 0.05) is 50.9 Å². The van der Waals surface area contributed by atoms with Gasteiger partial charge < -0.3 is 9.80 Å². The van der Waals surface area contributed by atoms with Crippen LogP contribution < -0.4 is 4.90 Å². The molecule has 2 saturated heterocycles. The molecule has 0 aliphatic carbocycles. The summed E-state index contributed by atoms with van der Waals surface area (Å²) in [5, 5.41) is 0. The van der Waals surface area contributed by atoms with E-state index in [4.69, 9.17) is 0 Å². The maximum absolute atomic E-state index is 13.1. The normalized spacial score (nSPS) is 18.9. The first-order valence-corrected chi connectivity index (χ1v) is 12.5. The molecule has 166 valence electrons. The van der Waals surface area contributed by atoms with Crippen molar-refractivity contribution in [3.8, 4) is 0 Å². The van der Waals surface area contributed by atoms with Gasteiger partial charge in [0.25, 0.3) is 0 Å². The Labute approximate surface area is 185 Å². The molecule has 2 heterocycles. The van der Waals surface area contributed by atoms with Crippen LogP contribution in [0.15, 0.2) is 53.4 Å². The van der Waals surface area contributed by atoms with Gasteiger partial charge in [0.05, 0.1) is 4.90 Å². The summed E-state index contributed by atoms with van der Waals surface area (Å²) in [6.45, 7) is 7.69. The van der Waals surface area contributed by atoms with Crippen molar-refractivity contribution in [1.82, 2.24) is 9.21 Å². The number of amides is 1. The number of piperazine rings is 1. The van der Waals surface area contributed by atoms with Crippen LogP contribution in [0.5, 0.6) is 0 Å². The zero-order valence-corrected chi connectivity index (χ0v) is 19.1. The molecule has 2 aromatic rings. The first kappa shape index (κ1) is 21.8. The molecule has 2 aromatic carbocycles. The third-order valence-electron chi connectivity index (χ3n) is 6.46. The lowest BCUT2D eigenvalue weighted by molar-refractivity contribution is -0.137. The number of rotatable bonds is 4. The summed E-state index contributed by atoms with van der Waals surface area (Å²) < 4.78 is 27.7. The van der Waals surface area contributed by atoms with Gasteiger partial charge in [-0.3, -0.25) is 4.79 Å². The van der Waals surface area contributed by atoms with Gasteiger partial charge in [0.15, 0.2) is 0 Å². The minimum absolute atomic E-state index is 0.0890. The molecule has 31 heavy (non-hydrogen) atoms. The zero-order chi connectivity index (χ0) is 22.0. The van der Waals surface area contributed by atoms with Crippen LogP contribution in [0.2, 0.25) is 0 Å². The van der Waals surface area contributed by atoms with Gasteiger partial charge in [-0.1, -0.05) is 35.9 Å². The molecule has 0 spiro atoms. The Balaban J connectivity index is 1.33. The number of sulfonamides is 1. The Morgan fingerprint density at radius 1 is 0.871 bits per heavy atom. The number of nitrogens with zero attached hydrogens (tertiary/aromatic N) is 3. The molecule has 2 fully saturated rings. The van der Waals surface area contributed by atoms with E-state index >= 15 is 0 Å². The first-order chi connectivity index (χ1) is 14.9. The van der Waals surface area contributed by atoms with Crippen LogP contribution in [0.1, 0.15) is 24.0 Å². The van der Waals surface area contributed by atoms with Gasteiger partial charge in [0.2, 0.25) is 15.9 Å². The lowest BCUT2D eigenvalue weighted by Crippen LogP contribution is -2.52. The molecule has 0 N–H and O–H groups in total. The van der Waals surface area contributed by atoms with E-state index in [1.54, 1.807) is 10.4 Å². The van der Waals surface area contributed by atoms with E-state index in [9.17, 15) is 13.2 Å². The molecular weight excluding hydrogens is 410 g/mol. The second kappa shape index (κ2) is 9.01. The summed E-state index contributed by atoms with van der Waals surface area (Å²) in [5.74, 6) is 0.0881. The summed E-state index contributed by atoms with van der Waals surface area (Å²) in [7, 11) is -3.52. The maximum atomic E-state index is 13.1. The summed E-state index contributed by atoms with van der Waals surface area (Å²) in [6, 6.07) is 15.7. The predicted octanol–water partition coefficient (Wildman–Crippen LogP) is 3.05. The van der Waals surface area contributed by atoms with Crippen LogP contribution in [-0.4, -0.2) is 62.8 Å². The summed E-state index contributed by atoms with van der Waals surface area (Å²) in [5.41, 5.74) is 3.02. The predicted molar refractivity (Wildman–Crippen MR) is 123 cm³/mol. The van der Waals surface area contributed by atoms with Crippen molar-refractivity contribution in [1.29, 1.82) is 0 Å². The molecule has 2 aliphatic heterocycles. The van der Waals surface area contributed by atoms with Crippen LogP contribution >= 0.6 is 0 Å². The average Bonchev–Trinajstić information content (AvgIpc) is 2.79. The van der Waals surface area contributed by atoms with Crippen molar-refractivity contribution >= 4 is 21.6 Å². The SMILES string of the molecule is Cc1ccc(S(=O)(=O)N2CCC(C(=O)N3CCN(c4ccccc4)CC3)CC2)c(C)c1. The van der Waals surface area contributed by atoms with Crippen molar-refractivity contribution < 1.29 is 13.2 Å². The van der Waals surface area contributed by atoms with E-state index in [1.165, 1.54) is 5.69 Å². The van der Waals surface area contributed by atoms with Crippen molar-refractivity contribution in [3.05, 3.63) is 59.7 Å². The Kier molecular flexibility index (Phi) is 6.34. The minimum atomic E-state index is -3.52. The summed E-state index contributed by atoms with van der Waals surface area (Å²) >= 11 is 0. The van der Waals surface area contributed by atoms with Crippen LogP contribution in [0.25, 0.3) is 0 Å². The highest BCUT2D eigenvalue weighted by Crippen LogP contribution is 2.27. The zero-order valence-electron chi connectivity index (χ0n) is 18.3. The summed E-state index contributed by atoms with van der Waals surface area (Å²) in [6.07, 6.45) is 1.17. The van der Waals surface area contributed by atoms with E-state index in [-0.39, 0.29) is 11.8 Å². The maximum Gasteiger partial charge on any atom is 0.243 e. The number of hydrogen-bond acceptors (Lipinski definition) is 4. The standard InChI is InChI=1S/C24H31N3O3S/c1-19-8-9-23(20(2)18-19)31(29,30)27-12-10-21(11-13-27)24(28)26-16-14-25(15-17-26)22-6-4-3-5-7-22/h3-9,18,21H,10-17H2,1-2H3. The highest BCUT2D eigenvalue weighted by molar-refractivity contribution is 7.89. The monoisotopic (exact) mass is 441 g/mol. The number of piperidine rings is 1. The fourth-order valence-electron chi connectivity index (χ4n) is 4.65. The van der Waals surface area contributed by atoms with Crippen LogP contribution in [-0.2, 0) is 14.8 Å². The van der Waals surface area contributed by atoms with Crippen molar-refractivity contribution in [3.63, 3.8) is 0 Å². The molecule has 0 unspecified atom stereocenters. The Morgan fingerprint density at radius 2 is 1.52 bits per heavy atom. The van der Waals surface area contributed by atoms with Crippen molar-refractivity contribution in [2.24, 2.45) is 5.92 Å². The number of para-hydroxylation sites is 1. The fourth-order valence-corrected chi connectivity index (χ4v) is 6.33. The molecule has 0 aromatic heterocycles. The molecule has 1 amide bonds. The first-order valence-electron chi connectivity index (χ1n) is 11.0. The highest BCUT2D eigenvalue weighted by Gasteiger charge is 2.35. The van der Waals surface area contributed by atoms with E-state index < -0.39 is 10.0 Å². The van der Waals surface area contributed by atoms with Crippen molar-refractivity contribution in [2.75, 3.05) is 44.2 Å². The number of carbonyl (C=O) groups excluding carboxylic acids is 1. The van der Waals surface area contributed by atoms with Gasteiger partial charge >= 0.3 is 0 Å². The van der Waals surface area contributed by atoms with E-state index in [1.807, 2.05) is 49.1 Å². The largest absolute Gasteiger partial charge is 0.368 e. The molecule has 6 nitrogen and oxygen atoms in total. The smallest absolute Gasteiger partial charge is 0.243 e. The van der Waals surface area contributed by atoms with Gasteiger partial charge in [-0.15, -0.1) is 0 Å². The second-order valence-corrected chi connectivity index (χ2v) is 10.5. The van der Waals surface area contributed by atoms with Gasteiger partial charge in [-0.05, 0) is 50.5 Å². The fraction of sp³-hybridized carbons (Fsp3) is 0.458. The third kappa shape index (κ3) is 4.62. The molecule has 0 bridgehead atoms. The average molecular weight is 442 g/mol. The second-order valence-electron chi connectivity index (χ2n) is 8.60. The molecule has 0 atom stereocenters. The molecule has 7 heteroatoms. The third-order valence-corrected chi connectivity index (χ3v) is 8.52. The van der Waals surface area contributed by atoms with Crippen LogP contribution in [0, 0.1) is 19.8 Å². The molecule has 2 aliphatic rings. The van der Waals surface area contributed by atoms with Crippen LogP contribution in [0.4, 0.5) is 5.69 Å². The van der Waals surface area contributed by atoms with Gasteiger partial charge in [-0.2, -0.15) is 4.31 Å². The lowest BCUT2D eigenvalue weighted by atomic mass is 9.96. The quantitative estimate of drug-likeness (QED) is 0.732. The number of aryl methyl sites for hydroxylation is 2. The molecule has 0 saturated carbocycles. The topological polar surface area (TPSA) is 60.9 Å². The number of benzene rings is 2. The number of carbonyl (C=O) groups is 1. The Hall–Kier alpha value is -2.38. The summed E-state index contributed by atoms with van der Waals surface area (Å²) in [4.78, 5) is 17.7. The lowest BCUT2D eigenvalue weighted by Gasteiger charge is -2.39. The van der Waals surface area contributed by atoms with Crippen LogP contribution in [0.3, 0.4) is 0 Å². The van der Waals surface area contributed by atoms with E-state index in [2.05, 4.69) is 17.0 Å². The molecular formula is C24H31N3O3S. The number of anilines is 1. The van der Waals surface area contributed by atoms with E-state index in [0.29, 0.717) is 30.8 Å². The van der Waals surface area contributed by atoms with E-state index in [0.717, 1.165) is 37.3 Å². The van der Waals surface area contributed by atoms with Gasteiger partial charge in [-0.25, -0.2) is 8.42 Å². The van der Waals surface area contributed by atoms with Crippen molar-refractivity contribution in [2.45, 2.75) is 31.6 Å².